The van der Waals surface area contributed by atoms with Gasteiger partial charge in [0, 0.05) is 19.5 Å². The van der Waals surface area contributed by atoms with Gasteiger partial charge in [-0.1, -0.05) is 48.2 Å². The maximum absolute atomic E-state index is 12.7. The molecule has 0 spiro atoms. The lowest BCUT2D eigenvalue weighted by Gasteiger charge is -2.13. The van der Waals surface area contributed by atoms with Gasteiger partial charge < -0.3 is 5.32 Å². The molecule has 2 amide bonds. The van der Waals surface area contributed by atoms with E-state index in [0.29, 0.717) is 18.3 Å². The number of thioether (sulfide) groups is 1. The zero-order chi connectivity index (χ0) is 20.8. The summed E-state index contributed by atoms with van der Waals surface area (Å²) in [6.07, 6.45) is 0.944. The van der Waals surface area contributed by atoms with Crippen molar-refractivity contribution in [2.45, 2.75) is 38.9 Å². The number of aliphatic imine (C=N–C) groups is 1. The van der Waals surface area contributed by atoms with Crippen LogP contribution in [0.2, 0.25) is 0 Å². The van der Waals surface area contributed by atoms with Crippen LogP contribution in [0.4, 0.5) is 5.69 Å². The second-order valence-electron chi connectivity index (χ2n) is 7.14. The number of amidine groups is 1. The number of aryl methyl sites for hydroxylation is 2. The van der Waals surface area contributed by atoms with Crippen molar-refractivity contribution >= 4 is 34.4 Å². The van der Waals surface area contributed by atoms with E-state index in [2.05, 4.69) is 17.2 Å². The van der Waals surface area contributed by atoms with Crippen molar-refractivity contribution < 1.29 is 9.59 Å². The summed E-state index contributed by atoms with van der Waals surface area (Å²) >= 11 is 1.38. The molecule has 0 radical (unpaired) electrons. The van der Waals surface area contributed by atoms with Gasteiger partial charge in [-0.2, -0.15) is 0 Å². The average molecular weight is 410 g/mol. The third kappa shape index (κ3) is 5.48. The van der Waals surface area contributed by atoms with E-state index in [4.69, 9.17) is 0 Å². The monoisotopic (exact) mass is 409 g/mol. The van der Waals surface area contributed by atoms with E-state index in [0.717, 1.165) is 12.1 Å². The van der Waals surface area contributed by atoms with Crippen LogP contribution in [-0.2, 0) is 16.0 Å². The number of nitrogens with one attached hydrogen (secondary N) is 1. The first-order chi connectivity index (χ1) is 14.0. The molecule has 6 heteroatoms. The van der Waals surface area contributed by atoms with Crippen LogP contribution >= 0.6 is 11.8 Å². The first-order valence-electron chi connectivity index (χ1n) is 9.92. The number of rotatable bonds is 7. The summed E-state index contributed by atoms with van der Waals surface area (Å²) in [6, 6.07) is 16.0. The van der Waals surface area contributed by atoms with E-state index in [1.54, 1.807) is 4.90 Å². The Morgan fingerprint density at radius 2 is 1.90 bits per heavy atom. The summed E-state index contributed by atoms with van der Waals surface area (Å²) in [6.45, 7) is 7.14. The molecule has 2 aromatic rings. The highest BCUT2D eigenvalue weighted by Crippen LogP contribution is 2.31. The fourth-order valence-corrected chi connectivity index (χ4v) is 4.37. The Labute approximate surface area is 176 Å². The van der Waals surface area contributed by atoms with Crippen molar-refractivity contribution in [2.24, 2.45) is 4.99 Å². The van der Waals surface area contributed by atoms with Gasteiger partial charge >= 0.3 is 0 Å². The van der Waals surface area contributed by atoms with Crippen LogP contribution in [0.3, 0.4) is 0 Å². The smallest absolute Gasteiger partial charge is 0.242 e. The molecule has 0 aliphatic carbocycles. The zero-order valence-corrected chi connectivity index (χ0v) is 18.0. The maximum Gasteiger partial charge on any atom is 0.242 e. The van der Waals surface area contributed by atoms with E-state index in [1.807, 2.05) is 62.4 Å². The molecule has 0 aromatic heterocycles. The van der Waals surface area contributed by atoms with Gasteiger partial charge in [0.1, 0.15) is 5.25 Å². The number of amides is 2. The number of nitrogens with zero attached hydrogens (tertiary/aromatic N) is 2. The molecule has 3 rings (SSSR count). The van der Waals surface area contributed by atoms with Crippen molar-refractivity contribution in [1.29, 1.82) is 0 Å². The zero-order valence-electron chi connectivity index (χ0n) is 17.1. The molecule has 1 heterocycles. The van der Waals surface area contributed by atoms with E-state index in [1.165, 1.54) is 28.5 Å². The minimum absolute atomic E-state index is 0.0432. The minimum atomic E-state index is -0.419. The van der Waals surface area contributed by atoms with Gasteiger partial charge in [0.2, 0.25) is 11.8 Å². The molecule has 1 aliphatic heterocycles. The standard InChI is InChI=1S/C23H27N3O2S/c1-4-26-22(28)20(15-21(27)24-13-12-18-8-6-5-7-9-18)29-23(26)25-19-11-10-16(2)17(3)14-19/h5-11,14,20H,4,12-13,15H2,1-3H3,(H,24,27). The highest BCUT2D eigenvalue weighted by atomic mass is 32.2. The van der Waals surface area contributed by atoms with Crippen LogP contribution in [0.25, 0.3) is 0 Å². The second-order valence-corrected chi connectivity index (χ2v) is 8.31. The normalized spacial score (nSPS) is 17.8. The van der Waals surface area contributed by atoms with Crippen molar-refractivity contribution in [3.8, 4) is 0 Å². The van der Waals surface area contributed by atoms with Crippen LogP contribution in [0.5, 0.6) is 0 Å². The molecule has 2 aromatic carbocycles. The molecule has 1 aliphatic rings. The topological polar surface area (TPSA) is 61.8 Å². The van der Waals surface area contributed by atoms with Gasteiger partial charge in [0.15, 0.2) is 5.17 Å². The Morgan fingerprint density at radius 3 is 2.59 bits per heavy atom. The first kappa shape index (κ1) is 21.1. The Bertz CT molecular complexity index is 912. The maximum atomic E-state index is 12.7. The van der Waals surface area contributed by atoms with Crippen LogP contribution in [-0.4, -0.2) is 40.2 Å². The fraction of sp³-hybridized carbons (Fsp3) is 0.348. The van der Waals surface area contributed by atoms with Crippen molar-refractivity contribution in [2.75, 3.05) is 13.1 Å². The van der Waals surface area contributed by atoms with Gasteiger partial charge in [-0.15, -0.1) is 0 Å². The summed E-state index contributed by atoms with van der Waals surface area (Å²) in [5.41, 5.74) is 4.38. The molecule has 1 atom stereocenters. The highest BCUT2D eigenvalue weighted by molar-refractivity contribution is 8.15. The van der Waals surface area contributed by atoms with Gasteiger partial charge in [-0.05, 0) is 56.0 Å². The van der Waals surface area contributed by atoms with Crippen LogP contribution in [0.1, 0.15) is 30.0 Å². The van der Waals surface area contributed by atoms with Gasteiger partial charge in [0.05, 0.1) is 5.69 Å². The van der Waals surface area contributed by atoms with E-state index in [-0.39, 0.29) is 18.2 Å². The largest absolute Gasteiger partial charge is 0.356 e. The molecule has 152 valence electrons. The third-order valence-corrected chi connectivity index (χ3v) is 6.18. The lowest BCUT2D eigenvalue weighted by atomic mass is 10.1. The Balaban J connectivity index is 1.60. The van der Waals surface area contributed by atoms with Crippen LogP contribution in [0, 0.1) is 13.8 Å². The van der Waals surface area contributed by atoms with Gasteiger partial charge in [0.25, 0.3) is 0 Å². The minimum Gasteiger partial charge on any atom is -0.356 e. The summed E-state index contributed by atoms with van der Waals surface area (Å²) in [5, 5.41) is 3.18. The number of benzene rings is 2. The van der Waals surface area contributed by atoms with E-state index >= 15 is 0 Å². The fourth-order valence-electron chi connectivity index (χ4n) is 3.15. The molecule has 1 fully saturated rings. The first-order valence-corrected chi connectivity index (χ1v) is 10.8. The number of carbonyl (C=O) groups excluding carboxylic acids is 2. The molecule has 0 bridgehead atoms. The molecule has 1 saturated heterocycles. The molecule has 0 saturated carbocycles. The van der Waals surface area contributed by atoms with E-state index < -0.39 is 5.25 Å². The molecule has 1 unspecified atom stereocenters. The molecular formula is C23H27N3O2S. The number of carbonyl (C=O) groups is 2. The third-order valence-electron chi connectivity index (χ3n) is 5.00. The summed E-state index contributed by atoms with van der Waals surface area (Å²) in [5.74, 6) is -0.145. The average Bonchev–Trinajstić information content (AvgIpc) is 2.99. The van der Waals surface area contributed by atoms with Crippen molar-refractivity contribution in [3.63, 3.8) is 0 Å². The van der Waals surface area contributed by atoms with Crippen molar-refractivity contribution in [1.82, 2.24) is 10.2 Å². The summed E-state index contributed by atoms with van der Waals surface area (Å²) < 4.78 is 0. The predicted octanol–water partition coefficient (Wildman–Crippen LogP) is 4.00. The molecular weight excluding hydrogens is 382 g/mol. The Morgan fingerprint density at radius 1 is 1.14 bits per heavy atom. The van der Waals surface area contributed by atoms with Gasteiger partial charge in [-0.3, -0.25) is 14.5 Å². The molecule has 29 heavy (non-hydrogen) atoms. The predicted molar refractivity (Wildman–Crippen MR) is 120 cm³/mol. The lowest BCUT2D eigenvalue weighted by Crippen LogP contribution is -2.35. The molecule has 5 nitrogen and oxygen atoms in total. The van der Waals surface area contributed by atoms with Crippen LogP contribution < -0.4 is 5.32 Å². The Kier molecular flexibility index (Phi) is 7.09. The highest BCUT2D eigenvalue weighted by Gasteiger charge is 2.38. The summed E-state index contributed by atoms with van der Waals surface area (Å²) in [4.78, 5) is 31.4. The Hall–Kier alpha value is -2.60. The summed E-state index contributed by atoms with van der Waals surface area (Å²) in [7, 11) is 0. The van der Waals surface area contributed by atoms with E-state index in [9.17, 15) is 9.59 Å². The lowest BCUT2D eigenvalue weighted by molar-refractivity contribution is -0.129. The SMILES string of the molecule is CCN1C(=O)C(CC(=O)NCCc2ccccc2)SC1=Nc1ccc(C)c(C)c1. The van der Waals surface area contributed by atoms with Crippen LogP contribution in [0.15, 0.2) is 53.5 Å². The molecule has 1 N–H and O–H groups in total. The number of hydrogen-bond donors (Lipinski definition) is 1. The van der Waals surface area contributed by atoms with Gasteiger partial charge in [-0.25, -0.2) is 4.99 Å². The number of hydrogen-bond acceptors (Lipinski definition) is 4. The second kappa shape index (κ2) is 9.74. The van der Waals surface area contributed by atoms with Crippen molar-refractivity contribution in [3.05, 3.63) is 65.2 Å². The quantitative estimate of drug-likeness (QED) is 0.752.